The van der Waals surface area contributed by atoms with Gasteiger partial charge in [-0.2, -0.15) is 0 Å². The molecule has 198 valence electrons. The summed E-state index contributed by atoms with van der Waals surface area (Å²) in [5.74, 6) is 0.782. The first-order chi connectivity index (χ1) is 18.9. The summed E-state index contributed by atoms with van der Waals surface area (Å²) in [6.45, 7) is 2.20. The predicted molar refractivity (Wildman–Crippen MR) is 148 cm³/mol. The standard InChI is InChI=1S/C30H29N5O4/c1-19(21-9-5-4-6-10-21)32-29(36)22-18-23-28(33-26-11-7-8-15-34(26)30(23)37)35(27(22)31)16-14-20-12-13-24(38-2)25(17-20)39-3/h4-13,15,17-19,31H,14,16H2,1-3H3,(H,32,36)/t19-/m0/s1. The normalized spacial score (nSPS) is 11.9. The molecule has 0 saturated carbocycles. The Hall–Kier alpha value is -4.92. The molecule has 5 aromatic rings. The van der Waals surface area contributed by atoms with Gasteiger partial charge in [0.15, 0.2) is 11.5 Å². The van der Waals surface area contributed by atoms with Crippen molar-refractivity contribution in [3.63, 3.8) is 0 Å². The van der Waals surface area contributed by atoms with E-state index in [9.17, 15) is 9.59 Å². The topological polar surface area (TPSA) is 111 Å². The molecule has 3 heterocycles. The zero-order valence-corrected chi connectivity index (χ0v) is 22.0. The summed E-state index contributed by atoms with van der Waals surface area (Å²) in [4.78, 5) is 31.6. The van der Waals surface area contributed by atoms with Gasteiger partial charge in [-0.05, 0) is 54.8 Å². The molecule has 0 aliphatic heterocycles. The smallest absolute Gasteiger partial charge is 0.267 e. The number of aryl methyl sites for hydroxylation is 2. The van der Waals surface area contributed by atoms with E-state index in [1.165, 1.54) is 10.5 Å². The van der Waals surface area contributed by atoms with E-state index in [2.05, 4.69) is 5.32 Å². The quantitative estimate of drug-likeness (QED) is 0.300. The molecule has 0 spiro atoms. The second kappa shape index (κ2) is 10.8. The zero-order valence-electron chi connectivity index (χ0n) is 22.0. The number of amides is 1. The van der Waals surface area contributed by atoms with Crippen LogP contribution >= 0.6 is 0 Å². The fraction of sp³-hybridized carbons (Fsp3) is 0.200. The summed E-state index contributed by atoms with van der Waals surface area (Å²) in [6.07, 6.45) is 2.15. The van der Waals surface area contributed by atoms with Gasteiger partial charge >= 0.3 is 0 Å². The van der Waals surface area contributed by atoms with Crippen LogP contribution in [-0.4, -0.2) is 34.1 Å². The third-order valence-electron chi connectivity index (χ3n) is 6.78. The lowest BCUT2D eigenvalue weighted by Crippen LogP contribution is -2.36. The molecule has 9 heteroatoms. The van der Waals surface area contributed by atoms with E-state index in [-0.39, 0.29) is 28.0 Å². The molecular weight excluding hydrogens is 494 g/mol. The van der Waals surface area contributed by atoms with Gasteiger partial charge in [0.2, 0.25) is 0 Å². The molecule has 2 aromatic carbocycles. The maximum atomic E-state index is 13.5. The van der Waals surface area contributed by atoms with Crippen molar-refractivity contribution in [3.8, 4) is 11.5 Å². The highest BCUT2D eigenvalue weighted by atomic mass is 16.5. The van der Waals surface area contributed by atoms with Gasteiger partial charge in [0.25, 0.3) is 11.5 Å². The lowest BCUT2D eigenvalue weighted by Gasteiger charge is -2.17. The number of methoxy groups -OCH3 is 2. The van der Waals surface area contributed by atoms with Crippen molar-refractivity contribution in [2.45, 2.75) is 25.9 Å². The number of hydrogen-bond donors (Lipinski definition) is 2. The molecular formula is C30H29N5O4. The van der Waals surface area contributed by atoms with E-state index >= 15 is 0 Å². The first kappa shape index (κ1) is 25.7. The molecule has 5 rings (SSSR count). The van der Waals surface area contributed by atoms with Gasteiger partial charge in [0.05, 0.1) is 31.2 Å². The summed E-state index contributed by atoms with van der Waals surface area (Å²) >= 11 is 0. The number of pyridine rings is 2. The highest BCUT2D eigenvalue weighted by Gasteiger charge is 2.19. The van der Waals surface area contributed by atoms with Crippen molar-refractivity contribution >= 4 is 22.6 Å². The van der Waals surface area contributed by atoms with Gasteiger partial charge in [-0.1, -0.05) is 42.5 Å². The van der Waals surface area contributed by atoms with Gasteiger partial charge in [-0.15, -0.1) is 0 Å². The van der Waals surface area contributed by atoms with Crippen molar-refractivity contribution in [3.05, 3.63) is 112 Å². The molecule has 0 aliphatic rings. The van der Waals surface area contributed by atoms with Gasteiger partial charge in [-0.25, -0.2) is 4.98 Å². The molecule has 39 heavy (non-hydrogen) atoms. The number of nitrogens with zero attached hydrogens (tertiary/aromatic N) is 3. The number of aromatic nitrogens is 3. The van der Waals surface area contributed by atoms with E-state index in [1.54, 1.807) is 43.2 Å². The Morgan fingerprint density at radius 3 is 2.49 bits per heavy atom. The predicted octanol–water partition coefficient (Wildman–Crippen LogP) is 3.88. The molecule has 1 atom stereocenters. The molecule has 1 amide bonds. The van der Waals surface area contributed by atoms with Crippen LogP contribution in [0.4, 0.5) is 0 Å². The molecule has 0 bridgehead atoms. The number of fused-ring (bicyclic) bond motifs is 2. The van der Waals surface area contributed by atoms with Crippen LogP contribution in [0.15, 0.2) is 83.8 Å². The zero-order chi connectivity index (χ0) is 27.5. The average molecular weight is 524 g/mol. The van der Waals surface area contributed by atoms with Crippen LogP contribution in [0.1, 0.15) is 34.5 Å². The Kier molecular flexibility index (Phi) is 7.14. The average Bonchev–Trinajstić information content (AvgIpc) is 2.97. The Balaban J connectivity index is 1.60. The number of carbonyl (C=O) groups is 1. The highest BCUT2D eigenvalue weighted by molar-refractivity contribution is 5.97. The van der Waals surface area contributed by atoms with E-state index in [1.807, 2.05) is 55.5 Å². The number of nitrogens with one attached hydrogen (secondary N) is 2. The number of carbonyl (C=O) groups excluding carboxylic acids is 1. The number of benzene rings is 2. The van der Waals surface area contributed by atoms with Crippen LogP contribution in [0.5, 0.6) is 11.5 Å². The fourth-order valence-corrected chi connectivity index (χ4v) is 4.65. The highest BCUT2D eigenvalue weighted by Crippen LogP contribution is 2.28. The third kappa shape index (κ3) is 4.98. The largest absolute Gasteiger partial charge is 0.493 e. The number of ether oxygens (including phenoxy) is 2. The van der Waals surface area contributed by atoms with Gasteiger partial charge < -0.3 is 19.4 Å². The summed E-state index contributed by atoms with van der Waals surface area (Å²) < 4.78 is 13.8. The van der Waals surface area contributed by atoms with E-state index in [0.717, 1.165) is 11.1 Å². The molecule has 0 saturated heterocycles. The van der Waals surface area contributed by atoms with E-state index in [0.29, 0.717) is 35.8 Å². The van der Waals surface area contributed by atoms with Crippen LogP contribution in [-0.2, 0) is 13.0 Å². The minimum Gasteiger partial charge on any atom is -0.493 e. The molecule has 2 N–H and O–H groups in total. The number of hydrogen-bond acceptors (Lipinski definition) is 6. The monoisotopic (exact) mass is 523 g/mol. The van der Waals surface area contributed by atoms with Gasteiger partial charge in [-0.3, -0.25) is 19.4 Å². The summed E-state index contributed by atoms with van der Waals surface area (Å²) in [7, 11) is 3.16. The Morgan fingerprint density at radius 1 is 1.00 bits per heavy atom. The first-order valence-electron chi connectivity index (χ1n) is 12.6. The first-order valence-corrected chi connectivity index (χ1v) is 12.6. The summed E-state index contributed by atoms with van der Waals surface area (Å²) in [5, 5.41) is 12.2. The maximum absolute atomic E-state index is 13.5. The minimum atomic E-state index is -0.435. The summed E-state index contributed by atoms with van der Waals surface area (Å²) in [5.41, 5.74) is 2.47. The number of rotatable bonds is 8. The van der Waals surface area contributed by atoms with Gasteiger partial charge in [0.1, 0.15) is 16.8 Å². The van der Waals surface area contributed by atoms with Crippen LogP contribution in [0.2, 0.25) is 0 Å². The molecule has 0 fully saturated rings. The van der Waals surface area contributed by atoms with Crippen molar-refractivity contribution in [1.82, 2.24) is 19.3 Å². The Morgan fingerprint density at radius 2 is 1.74 bits per heavy atom. The van der Waals surface area contributed by atoms with Crippen LogP contribution < -0.4 is 25.8 Å². The minimum absolute atomic E-state index is 0.0204. The van der Waals surface area contributed by atoms with Gasteiger partial charge in [0, 0.05) is 12.7 Å². The van der Waals surface area contributed by atoms with Crippen molar-refractivity contribution < 1.29 is 14.3 Å². The van der Waals surface area contributed by atoms with E-state index in [4.69, 9.17) is 19.9 Å². The molecule has 0 radical (unpaired) electrons. The Bertz CT molecular complexity index is 1790. The summed E-state index contributed by atoms with van der Waals surface area (Å²) in [6, 6.07) is 21.7. The second-order valence-electron chi connectivity index (χ2n) is 9.19. The van der Waals surface area contributed by atoms with Crippen LogP contribution in [0.25, 0.3) is 16.7 Å². The molecule has 3 aromatic heterocycles. The van der Waals surface area contributed by atoms with Crippen LogP contribution in [0, 0.1) is 5.41 Å². The molecule has 9 nitrogen and oxygen atoms in total. The second-order valence-corrected chi connectivity index (χ2v) is 9.19. The van der Waals surface area contributed by atoms with Crippen molar-refractivity contribution in [1.29, 1.82) is 5.41 Å². The maximum Gasteiger partial charge on any atom is 0.267 e. The lowest BCUT2D eigenvalue weighted by molar-refractivity contribution is 0.0937. The van der Waals surface area contributed by atoms with E-state index < -0.39 is 5.91 Å². The third-order valence-corrected chi connectivity index (χ3v) is 6.78. The SMILES string of the molecule is COc1ccc(CCn2c(=N)c(C(=O)N[C@@H](C)c3ccccc3)cc3c(=O)n4ccccc4nc32)cc1OC. The Labute approximate surface area is 224 Å². The molecule has 0 aliphatic carbocycles. The lowest BCUT2D eigenvalue weighted by atomic mass is 10.1. The molecule has 0 unspecified atom stereocenters. The fourth-order valence-electron chi connectivity index (χ4n) is 4.65. The van der Waals surface area contributed by atoms with Crippen molar-refractivity contribution in [2.75, 3.05) is 14.2 Å². The van der Waals surface area contributed by atoms with Crippen LogP contribution in [0.3, 0.4) is 0 Å². The van der Waals surface area contributed by atoms with Crippen molar-refractivity contribution in [2.24, 2.45) is 0 Å².